The Labute approximate surface area is 155 Å². The topological polar surface area (TPSA) is 76.4 Å². The molecule has 1 amide bonds. The average Bonchev–Trinajstić information content (AvgIpc) is 2.60. The van der Waals surface area contributed by atoms with Gasteiger partial charge < -0.3 is 5.32 Å². The quantitative estimate of drug-likeness (QED) is 0.688. The molecule has 0 spiro atoms. The summed E-state index contributed by atoms with van der Waals surface area (Å²) in [5, 5.41) is 2.63. The van der Waals surface area contributed by atoms with E-state index in [-0.39, 0.29) is 16.6 Å². The number of hydrogen-bond acceptors (Lipinski definition) is 5. The number of thioether (sulfide) groups is 1. The number of alkyl halides is 3. The number of rotatable bonds is 4. The number of hydrogen-bond donors (Lipinski definition) is 1. The number of amides is 1. The molecule has 27 heavy (non-hydrogen) atoms. The monoisotopic (exact) mass is 394 g/mol. The van der Waals surface area contributed by atoms with Crippen LogP contribution in [0.2, 0.25) is 0 Å². The molecule has 0 fully saturated rings. The van der Waals surface area contributed by atoms with Crippen LogP contribution in [0.25, 0.3) is 5.65 Å². The Kier molecular flexibility index (Phi) is 5.17. The summed E-state index contributed by atoms with van der Waals surface area (Å²) in [4.78, 5) is 32.0. The highest BCUT2D eigenvalue weighted by atomic mass is 32.2. The number of nitrogens with one attached hydrogen (secondary N) is 1. The minimum absolute atomic E-state index is 0.0947. The summed E-state index contributed by atoms with van der Waals surface area (Å²) in [5.74, 6) is -0.546. The van der Waals surface area contributed by atoms with Gasteiger partial charge in [-0.05, 0) is 42.8 Å². The van der Waals surface area contributed by atoms with Gasteiger partial charge in [-0.25, -0.2) is 9.78 Å². The first kappa shape index (κ1) is 18.9. The summed E-state index contributed by atoms with van der Waals surface area (Å²) >= 11 is 0.961. The Hall–Kier alpha value is -2.88. The molecule has 0 unspecified atom stereocenters. The van der Waals surface area contributed by atoms with Crippen molar-refractivity contribution in [3.8, 4) is 0 Å². The molecule has 0 atom stereocenters. The molecule has 10 heteroatoms. The molecule has 6 nitrogen and oxygen atoms in total. The van der Waals surface area contributed by atoms with Gasteiger partial charge in [0.2, 0.25) is 5.91 Å². The smallest absolute Gasteiger partial charge is 0.325 e. The largest absolute Gasteiger partial charge is 0.416 e. The lowest BCUT2D eigenvalue weighted by atomic mass is 10.2. The number of nitrogens with zero attached hydrogens (tertiary/aromatic N) is 3. The van der Waals surface area contributed by atoms with Crippen molar-refractivity contribution in [2.75, 3.05) is 11.1 Å². The number of benzene rings is 1. The van der Waals surface area contributed by atoms with E-state index in [1.165, 1.54) is 16.5 Å². The summed E-state index contributed by atoms with van der Waals surface area (Å²) in [6, 6.07) is 7.59. The van der Waals surface area contributed by atoms with Gasteiger partial charge in [0.1, 0.15) is 5.65 Å². The predicted octanol–water partition coefficient (Wildman–Crippen LogP) is 3.15. The number of fused-ring (bicyclic) bond motifs is 1. The molecule has 1 N–H and O–H groups in total. The average molecular weight is 394 g/mol. The van der Waals surface area contributed by atoms with Crippen LogP contribution in [0, 0.1) is 6.92 Å². The maximum atomic E-state index is 12.5. The fourth-order valence-corrected chi connectivity index (χ4v) is 2.87. The molecular weight excluding hydrogens is 381 g/mol. The zero-order chi connectivity index (χ0) is 19.6. The van der Waals surface area contributed by atoms with Crippen molar-refractivity contribution < 1.29 is 18.0 Å². The highest BCUT2D eigenvalue weighted by Gasteiger charge is 2.29. The lowest BCUT2D eigenvalue weighted by molar-refractivity contribution is -0.137. The van der Waals surface area contributed by atoms with Crippen LogP contribution in [0.4, 0.5) is 18.9 Å². The third-order valence-electron chi connectivity index (χ3n) is 3.51. The summed E-state index contributed by atoms with van der Waals surface area (Å²) in [6.07, 6.45) is -2.82. The van der Waals surface area contributed by atoms with Crippen LogP contribution >= 0.6 is 11.8 Å². The van der Waals surface area contributed by atoms with E-state index in [2.05, 4.69) is 15.3 Å². The van der Waals surface area contributed by atoms with Crippen molar-refractivity contribution in [3.63, 3.8) is 0 Å². The third-order valence-corrected chi connectivity index (χ3v) is 4.36. The summed E-state index contributed by atoms with van der Waals surface area (Å²) in [7, 11) is 0. The molecule has 0 radical (unpaired) electrons. The first-order valence-corrected chi connectivity index (χ1v) is 8.68. The molecule has 140 valence electrons. The second-order valence-electron chi connectivity index (χ2n) is 5.64. The first-order chi connectivity index (χ1) is 12.7. The Morgan fingerprint density at radius 1 is 1.15 bits per heavy atom. The Balaban J connectivity index is 1.65. The van der Waals surface area contributed by atoms with Crippen molar-refractivity contribution >= 4 is 29.0 Å². The molecule has 1 aromatic carbocycles. The first-order valence-electron chi connectivity index (χ1n) is 7.69. The van der Waals surface area contributed by atoms with Gasteiger partial charge in [0, 0.05) is 11.9 Å². The van der Waals surface area contributed by atoms with Crippen LogP contribution in [-0.4, -0.2) is 26.0 Å². The van der Waals surface area contributed by atoms with Crippen molar-refractivity contribution in [2.24, 2.45) is 0 Å². The molecule has 2 aromatic heterocycles. The standard InChI is InChI=1S/C17H13F3N4O2S/c1-10-2-7-13-22-15(23-16(26)24(13)8-10)27-9-14(25)21-12-5-3-11(4-6-12)17(18,19)20/h2-8H,9H2,1H3,(H,21,25). The molecular formula is C17H13F3N4O2S. The predicted molar refractivity (Wildman–Crippen MR) is 94.8 cm³/mol. The van der Waals surface area contributed by atoms with E-state index >= 15 is 0 Å². The molecule has 2 heterocycles. The van der Waals surface area contributed by atoms with Crippen LogP contribution in [0.15, 0.2) is 52.5 Å². The zero-order valence-corrected chi connectivity index (χ0v) is 14.8. The van der Waals surface area contributed by atoms with Crippen molar-refractivity contribution in [1.82, 2.24) is 14.4 Å². The number of halogens is 3. The molecule has 0 aliphatic heterocycles. The molecule has 0 bridgehead atoms. The van der Waals surface area contributed by atoms with Gasteiger partial charge in [-0.1, -0.05) is 17.8 Å². The second kappa shape index (κ2) is 7.39. The third kappa shape index (κ3) is 4.64. The Morgan fingerprint density at radius 2 is 1.85 bits per heavy atom. The van der Waals surface area contributed by atoms with Gasteiger partial charge in [-0.2, -0.15) is 18.2 Å². The van der Waals surface area contributed by atoms with E-state index in [9.17, 15) is 22.8 Å². The van der Waals surface area contributed by atoms with E-state index in [1.807, 2.05) is 6.92 Å². The highest BCUT2D eigenvalue weighted by Crippen LogP contribution is 2.29. The van der Waals surface area contributed by atoms with E-state index < -0.39 is 23.3 Å². The minimum Gasteiger partial charge on any atom is -0.325 e. The normalized spacial score (nSPS) is 11.6. The van der Waals surface area contributed by atoms with Crippen molar-refractivity contribution in [1.29, 1.82) is 0 Å². The van der Waals surface area contributed by atoms with Gasteiger partial charge in [0.05, 0.1) is 11.3 Å². The number of carbonyl (C=O) groups is 1. The fourth-order valence-electron chi connectivity index (χ4n) is 2.24. The van der Waals surface area contributed by atoms with E-state index in [0.29, 0.717) is 5.65 Å². The molecule has 0 saturated carbocycles. The van der Waals surface area contributed by atoms with Crippen LogP contribution in [0.5, 0.6) is 0 Å². The fraction of sp³-hybridized carbons (Fsp3) is 0.176. The summed E-state index contributed by atoms with van der Waals surface area (Å²) in [5.41, 5.74) is 0.226. The van der Waals surface area contributed by atoms with E-state index in [1.54, 1.807) is 18.3 Å². The zero-order valence-electron chi connectivity index (χ0n) is 13.9. The van der Waals surface area contributed by atoms with E-state index in [4.69, 9.17) is 0 Å². The Bertz CT molecular complexity index is 1050. The van der Waals surface area contributed by atoms with Crippen molar-refractivity contribution in [3.05, 3.63) is 64.2 Å². The van der Waals surface area contributed by atoms with Crippen molar-refractivity contribution in [2.45, 2.75) is 18.3 Å². The minimum atomic E-state index is -4.43. The van der Waals surface area contributed by atoms with Gasteiger partial charge in [0.25, 0.3) is 0 Å². The highest BCUT2D eigenvalue weighted by molar-refractivity contribution is 7.99. The van der Waals surface area contributed by atoms with Gasteiger partial charge in [0.15, 0.2) is 5.16 Å². The number of aryl methyl sites for hydroxylation is 1. The molecule has 0 saturated heterocycles. The second-order valence-corrected chi connectivity index (χ2v) is 6.58. The lowest BCUT2D eigenvalue weighted by Gasteiger charge is -2.08. The SMILES string of the molecule is Cc1ccc2nc(SCC(=O)Nc3ccc(C(F)(F)F)cc3)nc(=O)n2c1. The van der Waals surface area contributed by atoms with Crippen LogP contribution in [0.3, 0.4) is 0 Å². The van der Waals surface area contributed by atoms with Crippen LogP contribution in [0.1, 0.15) is 11.1 Å². The van der Waals surface area contributed by atoms with Gasteiger partial charge in [-0.3, -0.25) is 9.20 Å². The maximum absolute atomic E-state index is 12.5. The summed E-state index contributed by atoms with van der Waals surface area (Å²) < 4.78 is 38.9. The number of carbonyl (C=O) groups excluding carboxylic acids is 1. The van der Waals surface area contributed by atoms with Gasteiger partial charge >= 0.3 is 11.9 Å². The Morgan fingerprint density at radius 3 is 2.52 bits per heavy atom. The lowest BCUT2D eigenvalue weighted by Crippen LogP contribution is -2.20. The van der Waals surface area contributed by atoms with Crippen LogP contribution in [-0.2, 0) is 11.0 Å². The van der Waals surface area contributed by atoms with Crippen LogP contribution < -0.4 is 11.0 Å². The number of pyridine rings is 1. The molecule has 0 aliphatic rings. The van der Waals surface area contributed by atoms with E-state index in [0.717, 1.165) is 29.5 Å². The molecule has 3 rings (SSSR count). The molecule has 0 aliphatic carbocycles. The number of anilines is 1. The molecule has 3 aromatic rings. The maximum Gasteiger partial charge on any atom is 0.416 e. The summed E-state index contributed by atoms with van der Waals surface area (Å²) in [6.45, 7) is 1.83. The van der Waals surface area contributed by atoms with Gasteiger partial charge in [-0.15, -0.1) is 0 Å². The number of aromatic nitrogens is 3.